The molecule has 122 valence electrons. The third-order valence-electron chi connectivity index (χ3n) is 3.23. The van der Waals surface area contributed by atoms with Gasteiger partial charge in [0.05, 0.1) is 17.8 Å². The zero-order valence-electron chi connectivity index (χ0n) is 12.9. The van der Waals surface area contributed by atoms with Gasteiger partial charge in [-0.1, -0.05) is 30.3 Å². The summed E-state index contributed by atoms with van der Waals surface area (Å²) in [5.41, 5.74) is -0.181. The van der Waals surface area contributed by atoms with Gasteiger partial charge in [-0.3, -0.25) is 0 Å². The largest absolute Gasteiger partial charge is 0.394 e. The van der Waals surface area contributed by atoms with Crippen LogP contribution in [0.2, 0.25) is 0 Å². The van der Waals surface area contributed by atoms with Crippen LogP contribution in [0, 0.1) is 11.6 Å². The van der Waals surface area contributed by atoms with Crippen molar-refractivity contribution in [1.29, 1.82) is 0 Å². The minimum Gasteiger partial charge on any atom is -0.394 e. The van der Waals surface area contributed by atoms with E-state index >= 15 is 0 Å². The number of aliphatic hydroxyl groups excluding tert-OH is 1. The van der Waals surface area contributed by atoms with Crippen molar-refractivity contribution in [2.24, 2.45) is 0 Å². The molecular formula is C17H18F2N2O2. The molecule has 0 saturated heterocycles. The topological polar surface area (TPSA) is 61.4 Å². The van der Waals surface area contributed by atoms with Crippen LogP contribution in [-0.4, -0.2) is 23.3 Å². The second-order valence-corrected chi connectivity index (χ2v) is 5.80. The van der Waals surface area contributed by atoms with Crippen molar-refractivity contribution in [3.8, 4) is 11.1 Å². The highest BCUT2D eigenvalue weighted by molar-refractivity contribution is 5.95. The summed E-state index contributed by atoms with van der Waals surface area (Å²) in [5.74, 6) is -1.61. The first-order valence-electron chi connectivity index (χ1n) is 7.07. The van der Waals surface area contributed by atoms with Crippen LogP contribution in [0.25, 0.3) is 11.1 Å². The van der Waals surface area contributed by atoms with Crippen LogP contribution >= 0.6 is 0 Å². The molecule has 0 heterocycles. The Morgan fingerprint density at radius 2 is 1.83 bits per heavy atom. The lowest BCUT2D eigenvalue weighted by atomic mass is 10.0. The maximum Gasteiger partial charge on any atom is 0.319 e. The SMILES string of the molecule is CC(C)(CO)NC(=O)Nc1c(F)cc(F)cc1-c1ccccc1. The minimum absolute atomic E-state index is 0.121. The molecule has 0 bridgehead atoms. The fourth-order valence-electron chi connectivity index (χ4n) is 2.04. The number of anilines is 1. The van der Waals surface area contributed by atoms with Gasteiger partial charge in [-0.05, 0) is 25.5 Å². The van der Waals surface area contributed by atoms with E-state index in [-0.39, 0.29) is 17.9 Å². The predicted octanol–water partition coefficient (Wildman–Crippen LogP) is 3.52. The van der Waals surface area contributed by atoms with Gasteiger partial charge in [0.15, 0.2) is 0 Å². The summed E-state index contributed by atoms with van der Waals surface area (Å²) in [4.78, 5) is 12.0. The Morgan fingerprint density at radius 3 is 2.43 bits per heavy atom. The quantitative estimate of drug-likeness (QED) is 0.807. The highest BCUT2D eigenvalue weighted by Crippen LogP contribution is 2.31. The number of amides is 2. The number of carbonyl (C=O) groups is 1. The van der Waals surface area contributed by atoms with Gasteiger partial charge in [-0.2, -0.15) is 0 Å². The normalized spacial score (nSPS) is 11.2. The van der Waals surface area contributed by atoms with Gasteiger partial charge in [0.2, 0.25) is 0 Å². The van der Waals surface area contributed by atoms with E-state index in [1.54, 1.807) is 44.2 Å². The van der Waals surface area contributed by atoms with E-state index in [4.69, 9.17) is 5.11 Å². The Bertz CT molecular complexity index is 703. The van der Waals surface area contributed by atoms with Crippen molar-refractivity contribution >= 4 is 11.7 Å². The van der Waals surface area contributed by atoms with Crippen molar-refractivity contribution in [2.75, 3.05) is 11.9 Å². The maximum absolute atomic E-state index is 14.1. The Morgan fingerprint density at radius 1 is 1.17 bits per heavy atom. The summed E-state index contributed by atoms with van der Waals surface area (Å²) in [6, 6.07) is 9.80. The molecular weight excluding hydrogens is 302 g/mol. The van der Waals surface area contributed by atoms with E-state index in [9.17, 15) is 13.6 Å². The molecule has 0 spiro atoms. The average Bonchev–Trinajstić information content (AvgIpc) is 2.50. The Balaban J connectivity index is 2.37. The molecule has 2 aromatic carbocycles. The molecule has 4 nitrogen and oxygen atoms in total. The van der Waals surface area contributed by atoms with Crippen LogP contribution in [0.4, 0.5) is 19.3 Å². The first-order valence-corrected chi connectivity index (χ1v) is 7.07. The first-order chi connectivity index (χ1) is 10.8. The standard InChI is InChI=1S/C17H18F2N2O2/c1-17(2,10-22)21-16(23)20-15-13(8-12(18)9-14(15)19)11-6-4-3-5-7-11/h3-9,22H,10H2,1-2H3,(H2,20,21,23). The van der Waals surface area contributed by atoms with Crippen molar-refractivity contribution in [1.82, 2.24) is 5.32 Å². The van der Waals surface area contributed by atoms with Gasteiger partial charge in [0, 0.05) is 11.6 Å². The van der Waals surface area contributed by atoms with E-state index in [1.807, 2.05) is 0 Å². The van der Waals surface area contributed by atoms with Crippen molar-refractivity contribution in [3.63, 3.8) is 0 Å². The summed E-state index contributed by atoms with van der Waals surface area (Å²) in [6.07, 6.45) is 0. The maximum atomic E-state index is 14.1. The van der Waals surface area contributed by atoms with E-state index in [2.05, 4.69) is 10.6 Å². The number of aliphatic hydroxyl groups is 1. The third kappa shape index (κ3) is 4.26. The van der Waals surface area contributed by atoms with Crippen LogP contribution in [0.5, 0.6) is 0 Å². The van der Waals surface area contributed by atoms with Gasteiger partial charge in [-0.25, -0.2) is 13.6 Å². The monoisotopic (exact) mass is 320 g/mol. The Hall–Kier alpha value is -2.47. The number of halogens is 2. The third-order valence-corrected chi connectivity index (χ3v) is 3.23. The number of hydrogen-bond acceptors (Lipinski definition) is 2. The van der Waals surface area contributed by atoms with E-state index in [0.29, 0.717) is 11.6 Å². The molecule has 0 saturated carbocycles. The van der Waals surface area contributed by atoms with Crippen LogP contribution in [0.15, 0.2) is 42.5 Å². The van der Waals surface area contributed by atoms with Crippen LogP contribution in [0.3, 0.4) is 0 Å². The molecule has 2 aromatic rings. The summed E-state index contributed by atoms with van der Waals surface area (Å²) < 4.78 is 27.7. The number of rotatable bonds is 4. The molecule has 0 aliphatic heterocycles. The molecule has 0 fully saturated rings. The van der Waals surface area contributed by atoms with Gasteiger partial charge < -0.3 is 15.7 Å². The van der Waals surface area contributed by atoms with E-state index in [0.717, 1.165) is 6.07 Å². The molecule has 3 N–H and O–H groups in total. The molecule has 23 heavy (non-hydrogen) atoms. The molecule has 0 radical (unpaired) electrons. The lowest BCUT2D eigenvalue weighted by molar-refractivity contribution is 0.187. The van der Waals surface area contributed by atoms with Gasteiger partial charge in [0.25, 0.3) is 0 Å². The lowest BCUT2D eigenvalue weighted by Crippen LogP contribution is -2.48. The number of urea groups is 1. The highest BCUT2D eigenvalue weighted by atomic mass is 19.1. The average molecular weight is 320 g/mol. The Kier molecular flexibility index (Phi) is 4.95. The fourth-order valence-corrected chi connectivity index (χ4v) is 2.04. The molecule has 6 heteroatoms. The lowest BCUT2D eigenvalue weighted by Gasteiger charge is -2.24. The highest BCUT2D eigenvalue weighted by Gasteiger charge is 2.21. The van der Waals surface area contributed by atoms with E-state index < -0.39 is 23.2 Å². The second kappa shape index (κ2) is 6.75. The Labute approximate surface area is 133 Å². The first kappa shape index (κ1) is 16.9. The number of benzene rings is 2. The smallest absolute Gasteiger partial charge is 0.319 e. The van der Waals surface area contributed by atoms with Crippen molar-refractivity contribution in [3.05, 3.63) is 54.1 Å². The van der Waals surface area contributed by atoms with Gasteiger partial charge in [-0.15, -0.1) is 0 Å². The van der Waals surface area contributed by atoms with Crippen molar-refractivity contribution < 1.29 is 18.7 Å². The summed E-state index contributed by atoms with van der Waals surface area (Å²) in [7, 11) is 0. The molecule has 0 atom stereocenters. The van der Waals surface area contributed by atoms with Crippen LogP contribution < -0.4 is 10.6 Å². The second-order valence-electron chi connectivity index (χ2n) is 5.80. The van der Waals surface area contributed by atoms with Gasteiger partial charge >= 0.3 is 6.03 Å². The molecule has 2 amide bonds. The fraction of sp³-hybridized carbons (Fsp3) is 0.235. The number of hydrogen-bond donors (Lipinski definition) is 3. The minimum atomic E-state index is -0.874. The molecule has 0 aliphatic rings. The summed E-state index contributed by atoms with van der Waals surface area (Å²) >= 11 is 0. The van der Waals surface area contributed by atoms with Crippen LogP contribution in [0.1, 0.15) is 13.8 Å². The summed E-state index contributed by atoms with van der Waals surface area (Å²) in [5, 5.41) is 14.1. The number of carbonyl (C=O) groups excluding carboxylic acids is 1. The molecule has 0 unspecified atom stereocenters. The predicted molar refractivity (Wildman–Crippen MR) is 85.1 cm³/mol. The zero-order valence-corrected chi connectivity index (χ0v) is 12.9. The molecule has 2 rings (SSSR count). The van der Waals surface area contributed by atoms with E-state index in [1.165, 1.54) is 0 Å². The number of nitrogens with one attached hydrogen (secondary N) is 2. The molecule has 0 aliphatic carbocycles. The molecule has 0 aromatic heterocycles. The zero-order chi connectivity index (χ0) is 17.0. The summed E-state index contributed by atoms with van der Waals surface area (Å²) in [6.45, 7) is 2.95. The van der Waals surface area contributed by atoms with Gasteiger partial charge in [0.1, 0.15) is 11.6 Å². The van der Waals surface area contributed by atoms with Crippen molar-refractivity contribution in [2.45, 2.75) is 19.4 Å². The van der Waals surface area contributed by atoms with Crippen LogP contribution in [-0.2, 0) is 0 Å².